The van der Waals surface area contributed by atoms with Gasteiger partial charge < -0.3 is 20.3 Å². The van der Waals surface area contributed by atoms with Crippen molar-refractivity contribution in [2.75, 3.05) is 43.1 Å². The lowest BCUT2D eigenvalue weighted by Crippen LogP contribution is -2.36. The summed E-state index contributed by atoms with van der Waals surface area (Å²) in [5.41, 5.74) is 2.13. The number of hydrogen-bond acceptors (Lipinski definition) is 3. The van der Waals surface area contributed by atoms with Gasteiger partial charge in [-0.05, 0) is 30.2 Å². The van der Waals surface area contributed by atoms with E-state index in [1.165, 1.54) is 6.07 Å². The lowest BCUT2D eigenvalue weighted by Gasteiger charge is -2.29. The topological polar surface area (TPSA) is 53.6 Å². The summed E-state index contributed by atoms with van der Waals surface area (Å²) >= 11 is 0. The summed E-state index contributed by atoms with van der Waals surface area (Å²) in [6, 6.07) is 14.3. The minimum atomic E-state index is -0.344. The first kappa shape index (κ1) is 17.2. The number of benzene rings is 2. The zero-order valence-electron chi connectivity index (χ0n) is 14.0. The molecule has 0 bridgehead atoms. The van der Waals surface area contributed by atoms with E-state index in [1.54, 1.807) is 12.1 Å². The molecule has 2 amide bonds. The van der Waals surface area contributed by atoms with Crippen molar-refractivity contribution in [1.29, 1.82) is 0 Å². The van der Waals surface area contributed by atoms with Gasteiger partial charge in [-0.25, -0.2) is 9.18 Å². The first-order valence-electron chi connectivity index (χ1n) is 8.43. The van der Waals surface area contributed by atoms with E-state index < -0.39 is 0 Å². The van der Waals surface area contributed by atoms with Gasteiger partial charge in [-0.2, -0.15) is 0 Å². The van der Waals surface area contributed by atoms with Crippen molar-refractivity contribution in [2.24, 2.45) is 0 Å². The molecule has 1 aliphatic rings. The van der Waals surface area contributed by atoms with Crippen molar-refractivity contribution >= 4 is 17.4 Å². The molecule has 5 nitrogen and oxygen atoms in total. The van der Waals surface area contributed by atoms with Gasteiger partial charge >= 0.3 is 6.03 Å². The SMILES string of the molecule is O=C(NCCc1ccccc1)Nc1ccc(N2CCOCC2)c(F)c1. The number of anilines is 2. The molecule has 2 aromatic rings. The Morgan fingerprint density at radius 2 is 1.88 bits per heavy atom. The van der Waals surface area contributed by atoms with Crippen molar-refractivity contribution < 1.29 is 13.9 Å². The maximum Gasteiger partial charge on any atom is 0.319 e. The molecule has 2 aromatic carbocycles. The van der Waals surface area contributed by atoms with Crippen molar-refractivity contribution in [3.63, 3.8) is 0 Å². The molecule has 0 spiro atoms. The molecule has 132 valence electrons. The maximum atomic E-state index is 14.3. The summed E-state index contributed by atoms with van der Waals surface area (Å²) in [5.74, 6) is -0.344. The zero-order valence-corrected chi connectivity index (χ0v) is 14.0. The fourth-order valence-corrected chi connectivity index (χ4v) is 2.79. The van der Waals surface area contributed by atoms with Gasteiger partial charge in [0.15, 0.2) is 0 Å². The molecule has 1 saturated heterocycles. The molecule has 0 radical (unpaired) electrons. The predicted molar refractivity (Wildman–Crippen MR) is 96.6 cm³/mol. The molecule has 1 aliphatic heterocycles. The molecular formula is C19H22FN3O2. The largest absolute Gasteiger partial charge is 0.378 e. The smallest absolute Gasteiger partial charge is 0.319 e. The number of carbonyl (C=O) groups is 1. The number of ether oxygens (including phenoxy) is 1. The second kappa shape index (κ2) is 8.48. The average Bonchev–Trinajstić information content (AvgIpc) is 2.63. The summed E-state index contributed by atoms with van der Waals surface area (Å²) in [6.45, 7) is 3.06. The summed E-state index contributed by atoms with van der Waals surface area (Å²) in [6.07, 6.45) is 0.749. The van der Waals surface area contributed by atoms with Gasteiger partial charge in [0.2, 0.25) is 0 Å². The third-order valence-electron chi connectivity index (χ3n) is 4.10. The quantitative estimate of drug-likeness (QED) is 0.877. The van der Waals surface area contributed by atoms with Gasteiger partial charge in [-0.3, -0.25) is 0 Å². The van der Waals surface area contributed by atoms with Crippen LogP contribution in [0, 0.1) is 5.82 Å². The fraction of sp³-hybridized carbons (Fsp3) is 0.316. The summed E-state index contributed by atoms with van der Waals surface area (Å²) in [5, 5.41) is 5.44. The van der Waals surface area contributed by atoms with E-state index in [0.717, 1.165) is 12.0 Å². The Bertz CT molecular complexity index is 703. The van der Waals surface area contributed by atoms with Gasteiger partial charge in [0.1, 0.15) is 5.82 Å². The molecule has 3 rings (SSSR count). The van der Waals surface area contributed by atoms with E-state index in [9.17, 15) is 9.18 Å². The number of urea groups is 1. The number of rotatable bonds is 5. The highest BCUT2D eigenvalue weighted by molar-refractivity contribution is 5.89. The molecule has 0 atom stereocenters. The maximum absolute atomic E-state index is 14.3. The Labute approximate surface area is 146 Å². The van der Waals surface area contributed by atoms with Crippen LogP contribution in [0.1, 0.15) is 5.56 Å². The molecule has 0 unspecified atom stereocenters. The number of hydrogen-bond donors (Lipinski definition) is 2. The second-order valence-corrected chi connectivity index (χ2v) is 5.88. The highest BCUT2D eigenvalue weighted by Crippen LogP contribution is 2.23. The number of carbonyl (C=O) groups excluding carboxylic acids is 1. The Hall–Kier alpha value is -2.60. The third-order valence-corrected chi connectivity index (χ3v) is 4.10. The molecule has 1 fully saturated rings. The summed E-state index contributed by atoms with van der Waals surface area (Å²) in [7, 11) is 0. The number of amides is 2. The van der Waals surface area contributed by atoms with Gasteiger partial charge in [0, 0.05) is 25.3 Å². The average molecular weight is 343 g/mol. The molecule has 25 heavy (non-hydrogen) atoms. The van der Waals surface area contributed by atoms with E-state index in [1.807, 2.05) is 35.2 Å². The van der Waals surface area contributed by atoms with Crippen LogP contribution in [-0.4, -0.2) is 38.9 Å². The number of nitrogens with one attached hydrogen (secondary N) is 2. The number of morpholine rings is 1. The van der Waals surface area contributed by atoms with Crippen molar-refractivity contribution in [3.05, 3.63) is 59.9 Å². The monoisotopic (exact) mass is 343 g/mol. The molecule has 0 aliphatic carbocycles. The molecular weight excluding hydrogens is 321 g/mol. The standard InChI is InChI=1S/C19H22FN3O2/c20-17-14-16(6-7-18(17)23-10-12-25-13-11-23)22-19(24)21-9-8-15-4-2-1-3-5-15/h1-7,14H,8-13H2,(H2,21,22,24). The highest BCUT2D eigenvalue weighted by atomic mass is 19.1. The third kappa shape index (κ3) is 4.93. The van der Waals surface area contributed by atoms with E-state index in [0.29, 0.717) is 44.2 Å². The molecule has 2 N–H and O–H groups in total. The first-order chi connectivity index (χ1) is 12.2. The minimum Gasteiger partial charge on any atom is -0.378 e. The molecule has 0 saturated carbocycles. The Morgan fingerprint density at radius 3 is 2.60 bits per heavy atom. The Balaban J connectivity index is 1.50. The molecule has 0 aromatic heterocycles. The van der Waals surface area contributed by atoms with Gasteiger partial charge in [-0.1, -0.05) is 30.3 Å². The lowest BCUT2D eigenvalue weighted by molar-refractivity contribution is 0.122. The molecule has 6 heteroatoms. The molecule has 1 heterocycles. The number of halogens is 1. The van der Waals surface area contributed by atoms with Crippen LogP contribution in [-0.2, 0) is 11.2 Å². The van der Waals surface area contributed by atoms with Crippen LogP contribution in [0.25, 0.3) is 0 Å². The van der Waals surface area contributed by atoms with Gasteiger partial charge in [0.05, 0.1) is 18.9 Å². The van der Waals surface area contributed by atoms with Crippen molar-refractivity contribution in [2.45, 2.75) is 6.42 Å². The van der Waals surface area contributed by atoms with Crippen LogP contribution in [0.2, 0.25) is 0 Å². The van der Waals surface area contributed by atoms with Gasteiger partial charge in [0.25, 0.3) is 0 Å². The van der Waals surface area contributed by atoms with E-state index in [-0.39, 0.29) is 11.8 Å². The highest BCUT2D eigenvalue weighted by Gasteiger charge is 2.15. The number of nitrogens with zero attached hydrogens (tertiary/aromatic N) is 1. The van der Waals surface area contributed by atoms with Crippen LogP contribution in [0.3, 0.4) is 0 Å². The fourth-order valence-electron chi connectivity index (χ4n) is 2.79. The Kier molecular flexibility index (Phi) is 5.85. The normalized spacial score (nSPS) is 14.2. The van der Waals surface area contributed by atoms with E-state index >= 15 is 0 Å². The predicted octanol–water partition coefficient (Wildman–Crippen LogP) is 3.03. The van der Waals surface area contributed by atoms with Crippen LogP contribution in [0.15, 0.2) is 48.5 Å². The summed E-state index contributed by atoms with van der Waals surface area (Å²) in [4.78, 5) is 13.9. The van der Waals surface area contributed by atoms with E-state index in [4.69, 9.17) is 4.74 Å². The second-order valence-electron chi connectivity index (χ2n) is 5.88. The zero-order chi connectivity index (χ0) is 17.5. The summed E-state index contributed by atoms with van der Waals surface area (Å²) < 4.78 is 19.6. The van der Waals surface area contributed by atoms with Gasteiger partial charge in [-0.15, -0.1) is 0 Å². The Morgan fingerprint density at radius 1 is 1.12 bits per heavy atom. The van der Waals surface area contributed by atoms with E-state index in [2.05, 4.69) is 10.6 Å². The minimum absolute atomic E-state index is 0.338. The van der Waals surface area contributed by atoms with Crippen LogP contribution >= 0.6 is 0 Å². The van der Waals surface area contributed by atoms with Crippen molar-refractivity contribution in [1.82, 2.24) is 5.32 Å². The first-order valence-corrected chi connectivity index (χ1v) is 8.43. The van der Waals surface area contributed by atoms with Crippen LogP contribution in [0.4, 0.5) is 20.6 Å². The lowest BCUT2D eigenvalue weighted by atomic mass is 10.1. The van der Waals surface area contributed by atoms with Crippen LogP contribution < -0.4 is 15.5 Å². The van der Waals surface area contributed by atoms with Crippen molar-refractivity contribution in [3.8, 4) is 0 Å². The van der Waals surface area contributed by atoms with Crippen LogP contribution in [0.5, 0.6) is 0 Å².